The number of hydrogen-bond donors (Lipinski definition) is 0. The zero-order valence-electron chi connectivity index (χ0n) is 27.5. The minimum atomic E-state index is -4.65. The van der Waals surface area contributed by atoms with Crippen molar-refractivity contribution in [2.75, 3.05) is 6.61 Å². The van der Waals surface area contributed by atoms with Crippen molar-refractivity contribution in [1.29, 1.82) is 0 Å². The molecule has 0 fully saturated rings. The van der Waals surface area contributed by atoms with E-state index in [0.29, 0.717) is 36.3 Å². The maximum Gasteiger partial charge on any atom is 0.315 e. The van der Waals surface area contributed by atoms with Crippen molar-refractivity contribution >= 4 is 16.1 Å². The average molecular weight is 664 g/mol. The molecule has 0 amide bonds. The zero-order chi connectivity index (χ0) is 33.3. The molecule has 8 rings (SSSR count). The van der Waals surface area contributed by atoms with E-state index in [9.17, 15) is 17.8 Å². The second kappa shape index (κ2) is 13.9. The number of unbranched alkanes of at least 4 members (excludes halogenated alkanes) is 5. The first kappa shape index (κ1) is 32.6. The fraction of sp³-hybridized carbons (Fsp3) is 0.390. The number of ether oxygens (including phenoxy) is 2. The van der Waals surface area contributed by atoms with Gasteiger partial charge in [-0.3, -0.25) is 4.79 Å². The molecular formula is C41H43O6S-. The van der Waals surface area contributed by atoms with Gasteiger partial charge in [-0.15, -0.1) is 0 Å². The molecule has 4 aliphatic carbocycles. The van der Waals surface area contributed by atoms with Crippen LogP contribution in [0.3, 0.4) is 0 Å². The van der Waals surface area contributed by atoms with Crippen LogP contribution in [0.15, 0.2) is 89.8 Å². The number of esters is 1. The number of hydrogen-bond acceptors (Lipinski definition) is 6. The van der Waals surface area contributed by atoms with Gasteiger partial charge in [0, 0.05) is 17.8 Å². The molecule has 250 valence electrons. The van der Waals surface area contributed by atoms with Crippen LogP contribution in [0.25, 0.3) is 0 Å². The molecule has 0 aromatic heterocycles. The summed E-state index contributed by atoms with van der Waals surface area (Å²) >= 11 is 0. The van der Waals surface area contributed by atoms with Crippen LogP contribution in [0.5, 0.6) is 11.5 Å². The summed E-state index contributed by atoms with van der Waals surface area (Å²) in [4.78, 5) is 14.6. The van der Waals surface area contributed by atoms with Gasteiger partial charge in [-0.2, -0.15) is 0 Å². The summed E-state index contributed by atoms with van der Waals surface area (Å²) in [5.74, 6) is -0.305. The first-order valence-electron chi connectivity index (χ1n) is 17.6. The Bertz CT molecular complexity index is 1870. The number of carbonyl (C=O) groups excluding carboxylic acids is 1. The van der Waals surface area contributed by atoms with E-state index < -0.39 is 16.0 Å². The van der Waals surface area contributed by atoms with Crippen molar-refractivity contribution in [2.24, 2.45) is 5.92 Å². The zero-order valence-corrected chi connectivity index (χ0v) is 28.3. The van der Waals surface area contributed by atoms with Crippen molar-refractivity contribution in [3.05, 3.63) is 124 Å². The Labute approximate surface area is 284 Å². The van der Waals surface area contributed by atoms with Gasteiger partial charge in [0.2, 0.25) is 0 Å². The second-order valence-corrected chi connectivity index (χ2v) is 14.9. The van der Waals surface area contributed by atoms with Gasteiger partial charge >= 0.3 is 5.97 Å². The van der Waals surface area contributed by atoms with Crippen LogP contribution >= 0.6 is 0 Å². The quantitative estimate of drug-likeness (QED) is 0.0651. The first-order valence-corrected chi connectivity index (χ1v) is 19.0. The van der Waals surface area contributed by atoms with Crippen molar-refractivity contribution < 1.29 is 27.2 Å². The number of para-hydroxylation sites is 1. The normalized spacial score (nSPS) is 20.8. The van der Waals surface area contributed by atoms with Gasteiger partial charge in [0.25, 0.3) is 0 Å². The van der Waals surface area contributed by atoms with Crippen molar-refractivity contribution in [3.8, 4) is 11.5 Å². The van der Waals surface area contributed by atoms with Crippen LogP contribution in [-0.2, 0) is 27.8 Å². The highest BCUT2D eigenvalue weighted by molar-refractivity contribution is 7.85. The molecule has 48 heavy (non-hydrogen) atoms. The standard InChI is InChI=1S/C41H44O6S/c1-2-3-4-5-6-15-26-46-34-23-14-13-22-33(34)39-37-29-18-9-11-20-31(29)38(32-21-12-10-19-30(32)37)40(39)41(42)47-35-24-25-36(48(43,44)45)28-17-8-7-16-27(28)35/h9-14,18-25,37-40H,2-8,15-17,26H2,1H3,(H,43,44,45)/p-1. The van der Waals surface area contributed by atoms with Gasteiger partial charge in [0.15, 0.2) is 0 Å². The number of fused-ring (bicyclic) bond motifs is 2. The van der Waals surface area contributed by atoms with E-state index in [4.69, 9.17) is 9.47 Å². The summed E-state index contributed by atoms with van der Waals surface area (Å²) < 4.78 is 49.2. The molecule has 7 heteroatoms. The van der Waals surface area contributed by atoms with Gasteiger partial charge < -0.3 is 14.0 Å². The van der Waals surface area contributed by atoms with Crippen LogP contribution < -0.4 is 9.47 Å². The average Bonchev–Trinajstić information content (AvgIpc) is 3.10. The SMILES string of the molecule is CCCCCCCCOc1ccccc1C1C2c3ccccc3C(c3ccccc32)C1C(=O)Oc1ccc(S(=O)(=O)[O-])c2c1CCCC2. The van der Waals surface area contributed by atoms with E-state index in [2.05, 4.69) is 49.4 Å². The van der Waals surface area contributed by atoms with Crippen LogP contribution in [-0.4, -0.2) is 25.5 Å². The first-order chi connectivity index (χ1) is 23.4. The fourth-order valence-corrected chi connectivity index (χ4v) is 9.36. The van der Waals surface area contributed by atoms with Crippen molar-refractivity contribution in [2.45, 2.75) is 93.8 Å². The molecule has 2 atom stereocenters. The summed E-state index contributed by atoms with van der Waals surface area (Å²) in [6.07, 6.45) is 9.69. The van der Waals surface area contributed by atoms with E-state index in [-0.39, 0.29) is 28.6 Å². The molecule has 0 aliphatic heterocycles. The topological polar surface area (TPSA) is 92.7 Å². The summed E-state index contributed by atoms with van der Waals surface area (Å²) in [6, 6.07) is 27.8. The lowest BCUT2D eigenvalue weighted by molar-refractivity contribution is -0.141. The second-order valence-electron chi connectivity index (χ2n) is 13.5. The number of benzene rings is 4. The van der Waals surface area contributed by atoms with Gasteiger partial charge in [0.1, 0.15) is 21.6 Å². The van der Waals surface area contributed by atoms with E-state index in [0.717, 1.165) is 48.1 Å². The Hall–Kier alpha value is -3.94. The van der Waals surface area contributed by atoms with E-state index in [1.54, 1.807) is 0 Å². The number of rotatable bonds is 12. The minimum Gasteiger partial charge on any atom is -0.744 e. The monoisotopic (exact) mass is 663 g/mol. The molecule has 0 saturated carbocycles. The molecule has 0 spiro atoms. The molecule has 0 heterocycles. The van der Waals surface area contributed by atoms with Crippen LogP contribution in [0.4, 0.5) is 0 Å². The lowest BCUT2D eigenvalue weighted by Gasteiger charge is -2.50. The third kappa shape index (κ3) is 6.07. The van der Waals surface area contributed by atoms with Gasteiger partial charge in [-0.05, 0) is 89.2 Å². The van der Waals surface area contributed by atoms with Crippen molar-refractivity contribution in [3.63, 3.8) is 0 Å². The van der Waals surface area contributed by atoms with Gasteiger partial charge in [-0.1, -0.05) is 106 Å². The van der Waals surface area contributed by atoms with Gasteiger partial charge in [-0.25, -0.2) is 8.42 Å². The van der Waals surface area contributed by atoms with Gasteiger partial charge in [0.05, 0.1) is 17.4 Å². The molecule has 4 aliphatic rings. The summed E-state index contributed by atoms with van der Waals surface area (Å²) in [6.45, 7) is 2.84. The maximum atomic E-state index is 14.8. The fourth-order valence-electron chi connectivity index (χ4n) is 8.59. The van der Waals surface area contributed by atoms with Crippen molar-refractivity contribution in [1.82, 2.24) is 0 Å². The highest BCUT2D eigenvalue weighted by atomic mass is 32.2. The molecule has 6 nitrogen and oxygen atoms in total. The summed E-state index contributed by atoms with van der Waals surface area (Å²) in [5.41, 5.74) is 6.88. The smallest absolute Gasteiger partial charge is 0.315 e. The molecule has 0 saturated heterocycles. The third-order valence-electron chi connectivity index (χ3n) is 10.7. The molecule has 4 aromatic rings. The highest BCUT2D eigenvalue weighted by Crippen LogP contribution is 2.62. The minimum absolute atomic E-state index is 0.0827. The Balaban J connectivity index is 1.29. The predicted molar refractivity (Wildman–Crippen MR) is 185 cm³/mol. The molecular weight excluding hydrogens is 621 g/mol. The highest BCUT2D eigenvalue weighted by Gasteiger charge is 2.54. The Morgan fingerprint density at radius 2 is 1.25 bits per heavy atom. The maximum absolute atomic E-state index is 14.8. The molecule has 4 aromatic carbocycles. The van der Waals surface area contributed by atoms with Crippen LogP contribution in [0.2, 0.25) is 0 Å². The van der Waals surface area contributed by atoms with E-state index in [1.807, 2.05) is 30.3 Å². The van der Waals surface area contributed by atoms with Crippen LogP contribution in [0.1, 0.15) is 115 Å². The van der Waals surface area contributed by atoms with Crippen LogP contribution in [0, 0.1) is 5.92 Å². The number of carbonyl (C=O) groups is 1. The van der Waals surface area contributed by atoms with E-state index in [1.165, 1.54) is 48.9 Å². The predicted octanol–water partition coefficient (Wildman–Crippen LogP) is 8.81. The third-order valence-corrected chi connectivity index (χ3v) is 11.6. The lowest BCUT2D eigenvalue weighted by atomic mass is 9.52. The Kier molecular flexibility index (Phi) is 9.43. The Morgan fingerprint density at radius 1 is 0.688 bits per heavy atom. The molecule has 0 radical (unpaired) electrons. The summed E-state index contributed by atoms with van der Waals surface area (Å²) in [7, 11) is -4.65. The van der Waals surface area contributed by atoms with E-state index >= 15 is 0 Å². The molecule has 2 bridgehead atoms. The molecule has 2 unspecified atom stereocenters. The molecule has 0 N–H and O–H groups in total. The lowest BCUT2D eigenvalue weighted by Crippen LogP contribution is -2.44. The summed E-state index contributed by atoms with van der Waals surface area (Å²) in [5, 5.41) is 0. The largest absolute Gasteiger partial charge is 0.744 e. The Morgan fingerprint density at radius 3 is 1.90 bits per heavy atom.